The van der Waals surface area contributed by atoms with Crippen molar-refractivity contribution in [1.29, 1.82) is 0 Å². The molecule has 0 spiro atoms. The van der Waals surface area contributed by atoms with Crippen LogP contribution in [0, 0.1) is 0 Å². The van der Waals surface area contributed by atoms with E-state index in [1.165, 1.54) is 5.54 Å². The highest BCUT2D eigenvalue weighted by Crippen LogP contribution is 2.01. The van der Waals surface area contributed by atoms with Crippen molar-refractivity contribution < 1.29 is 0 Å². The smallest absolute Gasteiger partial charge is 0.163 e. The Kier molecular flexibility index (Phi) is 1.22. The monoisotopic (exact) mass is 114 g/mol. The molecule has 0 saturated carbocycles. The lowest BCUT2D eigenvalue weighted by Gasteiger charge is -1.75. The lowest BCUT2D eigenvalue weighted by Crippen LogP contribution is -1.56. The topological polar surface area (TPSA) is 24.7 Å². The first kappa shape index (κ1) is 4.53. The third-order valence-corrected chi connectivity index (χ3v) is 0.773. The van der Waals surface area contributed by atoms with Gasteiger partial charge in [-0.15, -0.1) is 0 Å². The molecule has 0 aliphatic carbocycles. The molecular formula is C4H3ClN2. The maximum absolute atomic E-state index is 5.22. The molecular weight excluding hydrogens is 112 g/mol. The van der Waals surface area contributed by atoms with Crippen LogP contribution in [0.3, 0.4) is 0 Å². The predicted molar refractivity (Wildman–Crippen MR) is 30.9 cm³/mol. The first-order valence-corrected chi connectivity index (χ1v) is 2.24. The second-order valence-electron chi connectivity index (χ2n) is 1.02. The quantitative estimate of drug-likeness (QED) is 0.452. The third-order valence-electron chi connectivity index (χ3n) is 0.578. The van der Waals surface area contributed by atoms with Crippen molar-refractivity contribution in [2.45, 2.75) is 0 Å². The molecule has 1 heterocycles. The number of rotatable bonds is 0. The van der Waals surface area contributed by atoms with Gasteiger partial charge in [0, 0.05) is 18.0 Å². The Labute approximate surface area is 46.2 Å². The minimum Gasteiger partial charge on any atom is -0.235 e. The van der Waals surface area contributed by atoms with Crippen molar-refractivity contribution in [3.8, 4) is 0 Å². The predicted octanol–water partition coefficient (Wildman–Crippen LogP) is 1.18. The fourth-order valence-corrected chi connectivity index (χ4v) is 0.422. The molecule has 1 aliphatic rings. The van der Waals surface area contributed by atoms with Crippen LogP contribution in [0.1, 0.15) is 0 Å². The molecule has 0 aromatic rings. The maximum Gasteiger partial charge on any atom is 0.163 e. The van der Waals surface area contributed by atoms with E-state index < -0.39 is 0 Å². The molecule has 0 aromatic heterocycles. The largest absolute Gasteiger partial charge is 0.235 e. The molecule has 0 N–H and O–H groups in total. The van der Waals surface area contributed by atoms with Crippen LogP contribution in [0.2, 0.25) is 0 Å². The van der Waals surface area contributed by atoms with Crippen LogP contribution in [0.4, 0.5) is 0 Å². The van der Waals surface area contributed by atoms with Gasteiger partial charge >= 0.3 is 0 Å². The van der Waals surface area contributed by atoms with Crippen LogP contribution in [-0.2, 0) is 0 Å². The van der Waals surface area contributed by atoms with E-state index in [1.54, 1.807) is 12.4 Å². The van der Waals surface area contributed by atoms with Crippen LogP contribution in [0.25, 0.3) is 0 Å². The molecule has 0 atom stereocenters. The van der Waals surface area contributed by atoms with E-state index >= 15 is 0 Å². The summed E-state index contributed by atoms with van der Waals surface area (Å²) in [6.07, 6.45) is 3.18. The van der Waals surface area contributed by atoms with Crippen molar-refractivity contribution in [2.24, 2.45) is 9.98 Å². The molecule has 0 radical (unpaired) electrons. The average Bonchev–Trinajstić information content (AvgIpc) is 2.14. The minimum absolute atomic E-state index is 0.571. The van der Waals surface area contributed by atoms with Crippen LogP contribution >= 0.6 is 11.6 Å². The Bertz CT molecular complexity index is 132. The molecule has 0 bridgehead atoms. The molecule has 0 amide bonds. The van der Waals surface area contributed by atoms with Gasteiger partial charge in [-0.2, -0.15) is 0 Å². The number of hydrogen-bond donors (Lipinski definition) is 0. The van der Waals surface area contributed by atoms with E-state index in [4.69, 9.17) is 11.6 Å². The SMILES string of the molecule is ClC=C1N=CC=N1. The number of halogens is 1. The zero-order valence-corrected chi connectivity index (χ0v) is 4.26. The summed E-state index contributed by atoms with van der Waals surface area (Å²) in [4.78, 5) is 7.47. The number of hydrogen-bond acceptors (Lipinski definition) is 2. The van der Waals surface area contributed by atoms with Gasteiger partial charge < -0.3 is 0 Å². The Hall–Kier alpha value is -0.630. The highest BCUT2D eigenvalue weighted by atomic mass is 35.5. The van der Waals surface area contributed by atoms with E-state index in [0.717, 1.165) is 0 Å². The first-order chi connectivity index (χ1) is 3.43. The molecule has 1 aliphatic heterocycles. The average molecular weight is 115 g/mol. The fourth-order valence-electron chi connectivity index (χ4n) is 0.309. The Morgan fingerprint density at radius 1 is 1.43 bits per heavy atom. The van der Waals surface area contributed by atoms with Crippen LogP contribution in [-0.4, -0.2) is 12.4 Å². The zero-order chi connectivity index (χ0) is 5.11. The van der Waals surface area contributed by atoms with Crippen molar-refractivity contribution in [3.05, 3.63) is 11.4 Å². The van der Waals surface area contributed by atoms with Crippen molar-refractivity contribution in [1.82, 2.24) is 0 Å². The molecule has 3 heteroatoms. The number of aliphatic imine (C=N–C) groups is 2. The maximum atomic E-state index is 5.22. The van der Waals surface area contributed by atoms with Crippen LogP contribution in [0.5, 0.6) is 0 Å². The highest BCUT2D eigenvalue weighted by Gasteiger charge is 1.88. The second kappa shape index (κ2) is 1.89. The Morgan fingerprint density at radius 2 is 2.00 bits per heavy atom. The van der Waals surface area contributed by atoms with Gasteiger partial charge in [-0.3, -0.25) is 0 Å². The minimum atomic E-state index is 0.571. The summed E-state index contributed by atoms with van der Waals surface area (Å²) in [7, 11) is 0. The standard InChI is InChI=1S/C4H3ClN2/c5-3-4-6-1-2-7-4/h1-3H. The van der Waals surface area contributed by atoms with Gasteiger partial charge in [-0.1, -0.05) is 11.6 Å². The van der Waals surface area contributed by atoms with Gasteiger partial charge in [0.05, 0.1) is 0 Å². The van der Waals surface area contributed by atoms with Gasteiger partial charge in [0.15, 0.2) is 5.82 Å². The van der Waals surface area contributed by atoms with Crippen LogP contribution < -0.4 is 0 Å². The lowest BCUT2D eigenvalue weighted by molar-refractivity contribution is 1.30. The third kappa shape index (κ3) is 0.871. The van der Waals surface area contributed by atoms with Gasteiger partial charge in [0.25, 0.3) is 0 Å². The first-order valence-electron chi connectivity index (χ1n) is 1.80. The Balaban J connectivity index is 2.79. The summed E-state index contributed by atoms with van der Waals surface area (Å²) in [5.74, 6) is 0.571. The molecule has 36 valence electrons. The van der Waals surface area contributed by atoms with E-state index in [-0.39, 0.29) is 0 Å². The van der Waals surface area contributed by atoms with E-state index in [1.807, 2.05) is 0 Å². The van der Waals surface area contributed by atoms with E-state index in [2.05, 4.69) is 9.98 Å². The molecule has 0 aromatic carbocycles. The van der Waals surface area contributed by atoms with Crippen LogP contribution in [0.15, 0.2) is 21.3 Å². The molecule has 0 fully saturated rings. The zero-order valence-electron chi connectivity index (χ0n) is 3.50. The number of nitrogens with zero attached hydrogens (tertiary/aromatic N) is 2. The van der Waals surface area contributed by atoms with Gasteiger partial charge in [0.1, 0.15) is 0 Å². The summed E-state index contributed by atoms with van der Waals surface area (Å²) >= 11 is 5.22. The Morgan fingerprint density at radius 3 is 2.29 bits per heavy atom. The van der Waals surface area contributed by atoms with E-state index in [9.17, 15) is 0 Å². The van der Waals surface area contributed by atoms with E-state index in [0.29, 0.717) is 5.82 Å². The normalized spacial score (nSPS) is 15.9. The molecule has 7 heavy (non-hydrogen) atoms. The fraction of sp³-hybridized carbons (Fsp3) is 0. The summed E-state index contributed by atoms with van der Waals surface area (Å²) in [5, 5.41) is 0. The second-order valence-corrected chi connectivity index (χ2v) is 1.24. The summed E-state index contributed by atoms with van der Waals surface area (Å²) in [6, 6.07) is 0. The van der Waals surface area contributed by atoms with Crippen molar-refractivity contribution >= 4 is 24.0 Å². The summed E-state index contributed by atoms with van der Waals surface area (Å²) in [6.45, 7) is 0. The molecule has 2 nitrogen and oxygen atoms in total. The summed E-state index contributed by atoms with van der Waals surface area (Å²) < 4.78 is 0. The van der Waals surface area contributed by atoms with Gasteiger partial charge in [0.2, 0.25) is 0 Å². The van der Waals surface area contributed by atoms with Crippen molar-refractivity contribution in [2.75, 3.05) is 0 Å². The highest BCUT2D eigenvalue weighted by molar-refractivity contribution is 6.26. The summed E-state index contributed by atoms with van der Waals surface area (Å²) in [5.41, 5.74) is 1.33. The molecule has 0 unspecified atom stereocenters. The molecule has 0 saturated heterocycles. The molecule has 1 rings (SSSR count). The van der Waals surface area contributed by atoms with Gasteiger partial charge in [-0.25, -0.2) is 9.98 Å². The lowest BCUT2D eigenvalue weighted by atomic mass is 10.9. The van der Waals surface area contributed by atoms with Gasteiger partial charge in [-0.05, 0) is 0 Å². The van der Waals surface area contributed by atoms with Crippen molar-refractivity contribution in [3.63, 3.8) is 0 Å².